The minimum Gasteiger partial charge on any atom is -0.376 e. The number of likely N-dealkylation sites (tertiary alicyclic amines) is 1. The van der Waals surface area contributed by atoms with Gasteiger partial charge in [-0.2, -0.15) is 0 Å². The number of rotatable bonds is 6. The molecule has 0 aromatic carbocycles. The maximum Gasteiger partial charge on any atom is 0.225 e. The van der Waals surface area contributed by atoms with Crippen molar-refractivity contribution in [3.63, 3.8) is 0 Å². The van der Waals surface area contributed by atoms with E-state index in [1.807, 2.05) is 0 Å². The fourth-order valence-electron chi connectivity index (χ4n) is 3.59. The van der Waals surface area contributed by atoms with E-state index in [-0.39, 0.29) is 41.9 Å². The van der Waals surface area contributed by atoms with E-state index in [1.54, 1.807) is 4.90 Å². The molecule has 7 nitrogen and oxygen atoms in total. The summed E-state index contributed by atoms with van der Waals surface area (Å²) >= 11 is 0. The average molecular weight is 358 g/mol. The Balaban J connectivity index is 1.61. The third kappa shape index (κ3) is 4.47. The van der Waals surface area contributed by atoms with Gasteiger partial charge < -0.3 is 15.0 Å². The first kappa shape index (κ1) is 17.7. The average Bonchev–Trinajstić information content (AvgIpc) is 3.23. The van der Waals surface area contributed by atoms with Gasteiger partial charge in [0, 0.05) is 44.8 Å². The van der Waals surface area contributed by atoms with Crippen LogP contribution in [0.25, 0.3) is 0 Å². The Bertz CT molecular complexity index is 602. The maximum absolute atomic E-state index is 12.6. The highest BCUT2D eigenvalue weighted by Gasteiger charge is 2.45. The van der Waals surface area contributed by atoms with Crippen LogP contribution in [0.1, 0.15) is 25.7 Å². The molecule has 0 aromatic rings. The van der Waals surface area contributed by atoms with Gasteiger partial charge in [0.25, 0.3) is 0 Å². The molecule has 2 aliphatic heterocycles. The van der Waals surface area contributed by atoms with Crippen LogP contribution >= 0.6 is 0 Å². The van der Waals surface area contributed by atoms with Crippen LogP contribution in [0, 0.1) is 17.8 Å². The van der Waals surface area contributed by atoms with Gasteiger partial charge in [0.1, 0.15) is 9.84 Å². The summed E-state index contributed by atoms with van der Waals surface area (Å²) in [6.07, 6.45) is 4.18. The smallest absolute Gasteiger partial charge is 0.225 e. The highest BCUT2D eigenvalue weighted by atomic mass is 32.2. The fraction of sp³-hybridized carbons (Fsp3) is 0.875. The van der Waals surface area contributed by atoms with Gasteiger partial charge in [-0.05, 0) is 25.2 Å². The summed E-state index contributed by atoms with van der Waals surface area (Å²) in [5.41, 5.74) is 0. The van der Waals surface area contributed by atoms with Crippen LogP contribution in [0.3, 0.4) is 0 Å². The van der Waals surface area contributed by atoms with E-state index < -0.39 is 9.84 Å². The second-order valence-corrected chi connectivity index (χ2v) is 9.60. The Morgan fingerprint density at radius 2 is 1.96 bits per heavy atom. The molecule has 1 aliphatic carbocycles. The lowest BCUT2D eigenvalue weighted by Gasteiger charge is -2.39. The normalized spacial score (nSPS) is 30.0. The van der Waals surface area contributed by atoms with Gasteiger partial charge in [-0.3, -0.25) is 9.59 Å². The number of fused-ring (bicyclic) bond motifs is 1. The first-order valence-corrected chi connectivity index (χ1v) is 10.7. The third-order valence-corrected chi connectivity index (χ3v) is 6.18. The Kier molecular flexibility index (Phi) is 5.15. The zero-order chi connectivity index (χ0) is 17.3. The predicted molar refractivity (Wildman–Crippen MR) is 88.0 cm³/mol. The standard InChI is InChI=1S/C16H26N2O5S/c1-24(21,22)7-5-15(19)18-9-13(12-4-6-23-14(12)10-18)16(20)17-8-11-2-3-11/h11-14H,2-10H2,1H3,(H,17,20)/t12-,13+,14+/m0/s1. The fourth-order valence-corrected chi connectivity index (χ4v) is 4.13. The van der Waals surface area contributed by atoms with Crippen LogP contribution in [0.5, 0.6) is 0 Å². The summed E-state index contributed by atoms with van der Waals surface area (Å²) in [7, 11) is -3.17. The number of hydrogen-bond donors (Lipinski definition) is 1. The minimum atomic E-state index is -3.17. The summed E-state index contributed by atoms with van der Waals surface area (Å²) in [5, 5.41) is 3.01. The molecule has 1 saturated carbocycles. The predicted octanol–water partition coefficient (Wildman–Crippen LogP) is -0.189. The van der Waals surface area contributed by atoms with E-state index in [9.17, 15) is 18.0 Å². The third-order valence-electron chi connectivity index (χ3n) is 5.23. The lowest BCUT2D eigenvalue weighted by molar-refractivity contribution is -0.141. The lowest BCUT2D eigenvalue weighted by Crippen LogP contribution is -2.54. The van der Waals surface area contributed by atoms with Crippen LogP contribution in [0.15, 0.2) is 0 Å². The molecular formula is C16H26N2O5S. The number of ether oxygens (including phenoxy) is 1. The molecule has 1 N–H and O–H groups in total. The molecule has 136 valence electrons. The van der Waals surface area contributed by atoms with Gasteiger partial charge >= 0.3 is 0 Å². The monoisotopic (exact) mass is 358 g/mol. The largest absolute Gasteiger partial charge is 0.376 e. The van der Waals surface area contributed by atoms with Crippen molar-refractivity contribution in [2.75, 3.05) is 38.2 Å². The van der Waals surface area contributed by atoms with Crippen LogP contribution < -0.4 is 5.32 Å². The Hall–Kier alpha value is -1.15. The molecule has 3 atom stereocenters. The first-order valence-electron chi connectivity index (χ1n) is 8.68. The molecule has 0 unspecified atom stereocenters. The molecular weight excluding hydrogens is 332 g/mol. The van der Waals surface area contributed by atoms with E-state index in [0.29, 0.717) is 25.6 Å². The quantitative estimate of drug-likeness (QED) is 0.710. The van der Waals surface area contributed by atoms with Crippen molar-refractivity contribution >= 4 is 21.7 Å². The number of carbonyl (C=O) groups excluding carboxylic acids is 2. The number of nitrogens with one attached hydrogen (secondary N) is 1. The number of piperidine rings is 1. The highest BCUT2D eigenvalue weighted by Crippen LogP contribution is 2.34. The van der Waals surface area contributed by atoms with E-state index in [0.717, 1.165) is 19.2 Å². The molecule has 3 aliphatic rings. The molecule has 2 saturated heterocycles. The Morgan fingerprint density at radius 1 is 1.21 bits per heavy atom. The minimum absolute atomic E-state index is 0.00279. The SMILES string of the molecule is CS(=O)(=O)CCC(=O)N1C[C@H]2OCC[C@H]2[C@H](C(=O)NCC2CC2)C1. The first-order chi connectivity index (χ1) is 11.3. The zero-order valence-corrected chi connectivity index (χ0v) is 14.9. The van der Waals surface area contributed by atoms with Crippen molar-refractivity contribution in [2.24, 2.45) is 17.8 Å². The topological polar surface area (TPSA) is 92.8 Å². The Morgan fingerprint density at radius 3 is 2.62 bits per heavy atom. The maximum atomic E-state index is 12.6. The Labute approximate surface area is 143 Å². The second-order valence-electron chi connectivity index (χ2n) is 7.34. The van der Waals surface area contributed by atoms with E-state index in [4.69, 9.17) is 4.74 Å². The molecule has 2 amide bonds. The van der Waals surface area contributed by atoms with Crippen molar-refractivity contribution in [2.45, 2.75) is 31.8 Å². The zero-order valence-electron chi connectivity index (χ0n) is 14.1. The summed E-state index contributed by atoms with van der Waals surface area (Å²) in [4.78, 5) is 26.5. The molecule has 3 fully saturated rings. The van der Waals surface area contributed by atoms with E-state index >= 15 is 0 Å². The number of hydrogen-bond acceptors (Lipinski definition) is 5. The van der Waals surface area contributed by atoms with Crippen LogP contribution in [0.4, 0.5) is 0 Å². The van der Waals surface area contributed by atoms with Crippen LogP contribution in [-0.4, -0.2) is 69.5 Å². The van der Waals surface area contributed by atoms with Crippen molar-refractivity contribution in [1.29, 1.82) is 0 Å². The summed E-state index contributed by atoms with van der Waals surface area (Å²) in [6.45, 7) is 2.16. The highest BCUT2D eigenvalue weighted by molar-refractivity contribution is 7.90. The summed E-state index contributed by atoms with van der Waals surface area (Å²) in [6, 6.07) is 0. The summed E-state index contributed by atoms with van der Waals surface area (Å²) in [5.74, 6) is 0.143. The number of carbonyl (C=O) groups is 2. The molecule has 0 radical (unpaired) electrons. The van der Waals surface area contributed by atoms with Gasteiger partial charge in [-0.15, -0.1) is 0 Å². The summed E-state index contributed by atoms with van der Waals surface area (Å²) < 4.78 is 28.2. The molecule has 0 aromatic heterocycles. The second kappa shape index (κ2) is 7.00. The molecule has 8 heteroatoms. The number of nitrogens with zero attached hydrogens (tertiary/aromatic N) is 1. The molecule has 24 heavy (non-hydrogen) atoms. The van der Waals surface area contributed by atoms with Crippen molar-refractivity contribution < 1.29 is 22.7 Å². The number of sulfone groups is 1. The lowest BCUT2D eigenvalue weighted by atomic mass is 9.82. The molecule has 0 bridgehead atoms. The van der Waals surface area contributed by atoms with Crippen LogP contribution in [0.2, 0.25) is 0 Å². The van der Waals surface area contributed by atoms with Gasteiger partial charge in [-0.25, -0.2) is 8.42 Å². The molecule has 3 rings (SSSR count). The van der Waals surface area contributed by atoms with Gasteiger partial charge in [0.2, 0.25) is 11.8 Å². The van der Waals surface area contributed by atoms with Crippen molar-refractivity contribution in [3.8, 4) is 0 Å². The van der Waals surface area contributed by atoms with Crippen LogP contribution in [-0.2, 0) is 24.2 Å². The molecule has 2 heterocycles. The van der Waals surface area contributed by atoms with Gasteiger partial charge in [0.15, 0.2) is 0 Å². The number of amides is 2. The molecule has 0 spiro atoms. The van der Waals surface area contributed by atoms with Crippen molar-refractivity contribution in [3.05, 3.63) is 0 Å². The van der Waals surface area contributed by atoms with E-state index in [1.165, 1.54) is 12.8 Å². The van der Waals surface area contributed by atoms with E-state index in [2.05, 4.69) is 5.32 Å². The van der Waals surface area contributed by atoms with Crippen molar-refractivity contribution in [1.82, 2.24) is 10.2 Å². The van der Waals surface area contributed by atoms with Gasteiger partial charge in [0.05, 0.1) is 17.8 Å². The van der Waals surface area contributed by atoms with Gasteiger partial charge in [-0.1, -0.05) is 0 Å².